The van der Waals surface area contributed by atoms with E-state index in [0.717, 1.165) is 0 Å². The highest BCUT2D eigenvalue weighted by molar-refractivity contribution is 5.91. The summed E-state index contributed by atoms with van der Waals surface area (Å²) in [4.78, 5) is 13.3. The monoisotopic (exact) mass is 528 g/mol. The molecule has 1 aliphatic rings. The lowest BCUT2D eigenvalue weighted by atomic mass is 9.93. The van der Waals surface area contributed by atoms with Crippen molar-refractivity contribution in [1.82, 2.24) is 0 Å². The fourth-order valence-electron chi connectivity index (χ4n) is 4.24. The minimum atomic E-state index is -0.945. The Bertz CT molecular complexity index is 1300. The van der Waals surface area contributed by atoms with Crippen molar-refractivity contribution in [3.8, 4) is 51.7 Å². The third-order valence-corrected chi connectivity index (χ3v) is 6.20. The van der Waals surface area contributed by atoms with Crippen LogP contribution in [-0.2, 0) is 11.2 Å². The van der Waals surface area contributed by atoms with Crippen LogP contribution in [0, 0.1) is 0 Å². The van der Waals surface area contributed by atoms with Crippen LogP contribution in [0.25, 0.3) is 0 Å². The molecule has 3 aromatic rings. The first-order valence-corrected chi connectivity index (χ1v) is 11.4. The van der Waals surface area contributed by atoms with Crippen LogP contribution in [0.4, 0.5) is 0 Å². The number of phenolic OH excluding ortho intramolecular Hbond substituents is 3. The van der Waals surface area contributed by atoms with Crippen LogP contribution in [0.5, 0.6) is 51.7 Å². The van der Waals surface area contributed by atoms with Crippen LogP contribution < -0.4 is 28.4 Å². The molecular weight excluding hydrogens is 500 g/mol. The highest BCUT2D eigenvalue weighted by atomic mass is 16.6. The first-order valence-electron chi connectivity index (χ1n) is 11.4. The zero-order valence-corrected chi connectivity index (χ0v) is 21.4. The molecule has 2 atom stereocenters. The van der Waals surface area contributed by atoms with E-state index in [-0.39, 0.29) is 52.2 Å². The van der Waals surface area contributed by atoms with Crippen LogP contribution >= 0.6 is 0 Å². The van der Waals surface area contributed by atoms with E-state index in [4.69, 9.17) is 33.2 Å². The number of carbonyl (C=O) groups excluding carboxylic acids is 1. The molecule has 0 saturated heterocycles. The molecule has 0 amide bonds. The van der Waals surface area contributed by atoms with Crippen LogP contribution in [-0.4, -0.2) is 62.9 Å². The summed E-state index contributed by atoms with van der Waals surface area (Å²) in [6.45, 7) is 0. The molecule has 11 nitrogen and oxygen atoms in total. The Labute approximate surface area is 218 Å². The molecule has 0 spiro atoms. The summed E-state index contributed by atoms with van der Waals surface area (Å²) in [5, 5.41) is 31.2. The lowest BCUT2D eigenvalue weighted by Crippen LogP contribution is -2.35. The first-order chi connectivity index (χ1) is 18.2. The Balaban J connectivity index is 1.78. The highest BCUT2D eigenvalue weighted by Gasteiger charge is 2.37. The molecule has 3 N–H and O–H groups in total. The van der Waals surface area contributed by atoms with Crippen molar-refractivity contribution in [1.29, 1.82) is 0 Å². The standard InChI is InChI=1S/C27H28O11/c1-32-15-10-17(28)16-12-23(38-27(31)14-8-21(35-4)25(30)22(9-14)36-5)26(37-18(16)11-15)13-6-19(33-2)24(29)20(7-13)34-3/h6-11,23,26,28-30H,12H2,1-5H3. The van der Waals surface area contributed by atoms with Gasteiger partial charge >= 0.3 is 5.97 Å². The number of rotatable bonds is 8. The van der Waals surface area contributed by atoms with Gasteiger partial charge in [-0.2, -0.15) is 0 Å². The first kappa shape index (κ1) is 26.4. The van der Waals surface area contributed by atoms with Crippen molar-refractivity contribution in [3.05, 3.63) is 53.1 Å². The van der Waals surface area contributed by atoms with Crippen molar-refractivity contribution in [3.63, 3.8) is 0 Å². The topological polar surface area (TPSA) is 142 Å². The number of ether oxygens (including phenoxy) is 7. The molecule has 11 heteroatoms. The summed E-state index contributed by atoms with van der Waals surface area (Å²) in [6.07, 6.45) is -1.76. The number of esters is 1. The summed E-state index contributed by atoms with van der Waals surface area (Å²) in [5.41, 5.74) is 0.947. The highest BCUT2D eigenvalue weighted by Crippen LogP contribution is 2.46. The predicted octanol–water partition coefficient (Wildman–Crippen LogP) is 3.75. The minimum Gasteiger partial charge on any atom is -0.507 e. The number of hydrogen-bond donors (Lipinski definition) is 3. The summed E-state index contributed by atoms with van der Waals surface area (Å²) in [6, 6.07) is 8.78. The van der Waals surface area contributed by atoms with E-state index in [9.17, 15) is 20.1 Å². The van der Waals surface area contributed by atoms with Crippen LogP contribution in [0.3, 0.4) is 0 Å². The molecule has 0 radical (unpaired) electrons. The number of phenols is 3. The van der Waals surface area contributed by atoms with Gasteiger partial charge in [-0.25, -0.2) is 4.79 Å². The largest absolute Gasteiger partial charge is 0.507 e. The summed E-state index contributed by atoms with van der Waals surface area (Å²) in [5.74, 6) is -0.306. The van der Waals surface area contributed by atoms with Crippen LogP contribution in [0.1, 0.15) is 27.6 Å². The average molecular weight is 529 g/mol. The molecular formula is C27H28O11. The molecule has 0 aliphatic carbocycles. The second-order valence-corrected chi connectivity index (χ2v) is 8.31. The van der Waals surface area contributed by atoms with E-state index in [1.54, 1.807) is 18.2 Å². The second-order valence-electron chi connectivity index (χ2n) is 8.31. The van der Waals surface area contributed by atoms with E-state index < -0.39 is 18.2 Å². The Hall–Kier alpha value is -4.67. The van der Waals surface area contributed by atoms with Gasteiger partial charge in [0.2, 0.25) is 11.5 Å². The molecule has 38 heavy (non-hydrogen) atoms. The van der Waals surface area contributed by atoms with Gasteiger partial charge in [-0.1, -0.05) is 0 Å². The van der Waals surface area contributed by atoms with Gasteiger partial charge in [-0.15, -0.1) is 0 Å². The molecule has 0 bridgehead atoms. The SMILES string of the molecule is COc1cc(O)c2c(c1)OC(c1cc(OC)c(O)c(OC)c1)C(OC(=O)c1cc(OC)c(O)c(OC)c1)C2. The van der Waals surface area contributed by atoms with Gasteiger partial charge in [0.25, 0.3) is 0 Å². The van der Waals surface area contributed by atoms with E-state index in [0.29, 0.717) is 22.6 Å². The summed E-state index contributed by atoms with van der Waals surface area (Å²) in [7, 11) is 6.92. The minimum absolute atomic E-state index is 0.0239. The van der Waals surface area contributed by atoms with Gasteiger partial charge in [-0.3, -0.25) is 0 Å². The molecule has 0 aromatic heterocycles. The normalized spacial score (nSPS) is 16.0. The molecule has 4 rings (SSSR count). The molecule has 0 saturated carbocycles. The van der Waals surface area contributed by atoms with E-state index >= 15 is 0 Å². The molecule has 1 aliphatic heterocycles. The smallest absolute Gasteiger partial charge is 0.338 e. The van der Waals surface area contributed by atoms with Crippen LogP contribution in [0.15, 0.2) is 36.4 Å². The lowest BCUT2D eigenvalue weighted by Gasteiger charge is -2.34. The molecule has 1 heterocycles. The van der Waals surface area contributed by atoms with Crippen molar-refractivity contribution >= 4 is 5.97 Å². The number of carbonyl (C=O) groups is 1. The number of aromatic hydroxyl groups is 3. The fraction of sp³-hybridized carbons (Fsp3) is 0.296. The molecule has 202 valence electrons. The number of hydrogen-bond acceptors (Lipinski definition) is 11. The van der Waals surface area contributed by atoms with Crippen molar-refractivity contribution in [2.75, 3.05) is 35.5 Å². The molecule has 2 unspecified atom stereocenters. The lowest BCUT2D eigenvalue weighted by molar-refractivity contribution is -0.0189. The average Bonchev–Trinajstić information content (AvgIpc) is 2.93. The predicted molar refractivity (Wildman–Crippen MR) is 133 cm³/mol. The second kappa shape index (κ2) is 10.8. The zero-order valence-electron chi connectivity index (χ0n) is 21.4. The van der Waals surface area contributed by atoms with Gasteiger partial charge in [0.05, 0.1) is 41.1 Å². The summed E-state index contributed by atoms with van der Waals surface area (Å²) >= 11 is 0. The Kier molecular flexibility index (Phi) is 7.47. The Morgan fingerprint density at radius 1 is 0.763 bits per heavy atom. The Morgan fingerprint density at radius 2 is 1.29 bits per heavy atom. The third-order valence-electron chi connectivity index (χ3n) is 6.20. The number of methoxy groups -OCH3 is 5. The molecule has 0 fully saturated rings. The van der Waals surface area contributed by atoms with Crippen molar-refractivity contribution < 1.29 is 53.3 Å². The maximum absolute atomic E-state index is 13.3. The van der Waals surface area contributed by atoms with Gasteiger partial charge in [-0.05, 0) is 24.3 Å². The quantitative estimate of drug-likeness (QED) is 0.368. The third kappa shape index (κ3) is 4.82. The number of fused-ring (bicyclic) bond motifs is 1. The van der Waals surface area contributed by atoms with Crippen molar-refractivity contribution in [2.24, 2.45) is 0 Å². The van der Waals surface area contributed by atoms with E-state index in [1.165, 1.54) is 53.7 Å². The maximum Gasteiger partial charge on any atom is 0.338 e. The summed E-state index contributed by atoms with van der Waals surface area (Å²) < 4.78 is 38.2. The van der Waals surface area contributed by atoms with Gasteiger partial charge < -0.3 is 48.5 Å². The number of benzene rings is 3. The van der Waals surface area contributed by atoms with Crippen LogP contribution in [0.2, 0.25) is 0 Å². The van der Waals surface area contributed by atoms with Gasteiger partial charge in [0, 0.05) is 29.7 Å². The maximum atomic E-state index is 13.3. The van der Waals surface area contributed by atoms with Gasteiger partial charge in [0.15, 0.2) is 29.1 Å². The van der Waals surface area contributed by atoms with Gasteiger partial charge in [0.1, 0.15) is 23.4 Å². The fourth-order valence-corrected chi connectivity index (χ4v) is 4.24. The van der Waals surface area contributed by atoms with E-state index in [2.05, 4.69) is 0 Å². The zero-order chi connectivity index (χ0) is 27.6. The van der Waals surface area contributed by atoms with E-state index in [1.807, 2.05) is 0 Å². The van der Waals surface area contributed by atoms with Crippen molar-refractivity contribution in [2.45, 2.75) is 18.6 Å². The molecule has 3 aromatic carbocycles. The Morgan fingerprint density at radius 3 is 1.79 bits per heavy atom.